The Bertz CT molecular complexity index is 549. The third-order valence-corrected chi connectivity index (χ3v) is 6.23. The summed E-state index contributed by atoms with van der Waals surface area (Å²) in [5.74, 6) is 1.16. The molecule has 0 spiro atoms. The molecule has 0 saturated carbocycles. The highest BCUT2D eigenvalue weighted by atomic mass is 32.2. The molecule has 1 aliphatic heterocycles. The lowest BCUT2D eigenvalue weighted by molar-refractivity contribution is 0.312. The molecule has 1 fully saturated rings. The number of piperidine rings is 1. The lowest BCUT2D eigenvalue weighted by Gasteiger charge is -2.36. The highest BCUT2D eigenvalue weighted by Gasteiger charge is 2.28. The van der Waals surface area contributed by atoms with Crippen LogP contribution in [0, 0.1) is 0 Å². The van der Waals surface area contributed by atoms with Gasteiger partial charge in [-0.05, 0) is 37.8 Å². The van der Waals surface area contributed by atoms with Crippen molar-refractivity contribution in [3.05, 3.63) is 23.9 Å². The fourth-order valence-corrected chi connectivity index (χ4v) is 3.77. The number of pyridine rings is 1. The average Bonchev–Trinajstić information content (AvgIpc) is 2.54. The molecule has 5 nitrogen and oxygen atoms in total. The molecule has 0 amide bonds. The van der Waals surface area contributed by atoms with Crippen molar-refractivity contribution < 1.29 is 8.42 Å². The molecule has 1 aliphatic rings. The van der Waals surface area contributed by atoms with Crippen LogP contribution in [0.3, 0.4) is 0 Å². The molecule has 118 valence electrons. The van der Waals surface area contributed by atoms with Crippen LogP contribution >= 0.6 is 0 Å². The van der Waals surface area contributed by atoms with E-state index in [4.69, 9.17) is 0 Å². The van der Waals surface area contributed by atoms with Crippen LogP contribution < -0.4 is 4.90 Å². The van der Waals surface area contributed by atoms with E-state index in [9.17, 15) is 8.42 Å². The van der Waals surface area contributed by atoms with Gasteiger partial charge in [-0.3, -0.25) is 0 Å². The van der Waals surface area contributed by atoms with Crippen molar-refractivity contribution in [2.24, 2.45) is 0 Å². The molecule has 0 radical (unpaired) electrons. The van der Waals surface area contributed by atoms with Crippen molar-refractivity contribution in [3.63, 3.8) is 0 Å². The van der Waals surface area contributed by atoms with Crippen LogP contribution in [0.25, 0.3) is 0 Å². The molecule has 0 atom stereocenters. The summed E-state index contributed by atoms with van der Waals surface area (Å²) in [6.45, 7) is 5.52. The van der Waals surface area contributed by atoms with E-state index in [1.165, 1.54) is 5.56 Å². The molecule has 0 N–H and O–H groups in total. The quantitative estimate of drug-likeness (QED) is 0.833. The first kappa shape index (κ1) is 16.2. The topological polar surface area (TPSA) is 53.5 Å². The molecule has 6 heteroatoms. The Morgan fingerprint density at radius 2 is 1.95 bits per heavy atom. The highest BCUT2D eigenvalue weighted by molar-refractivity contribution is 7.89. The van der Waals surface area contributed by atoms with Crippen LogP contribution in [-0.2, 0) is 16.4 Å². The lowest BCUT2D eigenvalue weighted by atomic mass is 10.1. The van der Waals surface area contributed by atoms with Gasteiger partial charge in [0.1, 0.15) is 5.82 Å². The fraction of sp³-hybridized carbons (Fsp3) is 0.667. The summed E-state index contributed by atoms with van der Waals surface area (Å²) < 4.78 is 25.4. The van der Waals surface area contributed by atoms with Gasteiger partial charge in [0, 0.05) is 32.4 Å². The molecule has 0 unspecified atom stereocenters. The summed E-state index contributed by atoms with van der Waals surface area (Å²) in [6, 6.07) is 4.29. The van der Waals surface area contributed by atoms with E-state index in [2.05, 4.69) is 28.9 Å². The SMILES string of the molecule is CCc1ccc(N2CCC(N(C)S(=O)(=O)CC)CC2)nc1. The van der Waals surface area contributed by atoms with E-state index in [0.717, 1.165) is 38.2 Å². The molecule has 1 saturated heterocycles. The Morgan fingerprint density at radius 1 is 1.29 bits per heavy atom. The first-order chi connectivity index (χ1) is 9.97. The standard InChI is InChI=1S/C15H25N3O2S/c1-4-13-6-7-15(16-12-13)18-10-8-14(9-11-18)17(3)21(19,20)5-2/h6-7,12,14H,4-5,8-11H2,1-3H3. The number of anilines is 1. The molecule has 1 aromatic rings. The van der Waals surface area contributed by atoms with Gasteiger partial charge < -0.3 is 4.90 Å². The Balaban J connectivity index is 1.96. The number of sulfonamides is 1. The van der Waals surface area contributed by atoms with Gasteiger partial charge in [-0.15, -0.1) is 0 Å². The molecule has 2 heterocycles. The summed E-state index contributed by atoms with van der Waals surface area (Å²) in [5, 5.41) is 0. The first-order valence-corrected chi connectivity index (χ1v) is 9.24. The number of aromatic nitrogens is 1. The van der Waals surface area contributed by atoms with E-state index in [-0.39, 0.29) is 11.8 Å². The van der Waals surface area contributed by atoms with Crippen LogP contribution in [0.4, 0.5) is 5.82 Å². The minimum atomic E-state index is -3.09. The van der Waals surface area contributed by atoms with Crippen molar-refractivity contribution >= 4 is 15.8 Å². The minimum Gasteiger partial charge on any atom is -0.357 e. The maximum Gasteiger partial charge on any atom is 0.213 e. The Labute approximate surface area is 128 Å². The van der Waals surface area contributed by atoms with Gasteiger partial charge in [0.15, 0.2) is 0 Å². The normalized spacial score (nSPS) is 17.4. The number of hydrogen-bond donors (Lipinski definition) is 0. The molecule has 0 aliphatic carbocycles. The second-order valence-corrected chi connectivity index (χ2v) is 7.83. The maximum atomic E-state index is 11.9. The van der Waals surface area contributed by atoms with E-state index in [0.29, 0.717) is 0 Å². The number of aryl methyl sites for hydroxylation is 1. The van der Waals surface area contributed by atoms with E-state index in [1.54, 1.807) is 18.3 Å². The van der Waals surface area contributed by atoms with Crippen molar-refractivity contribution in [2.45, 2.75) is 39.2 Å². The van der Waals surface area contributed by atoms with Crippen LogP contribution in [0.15, 0.2) is 18.3 Å². The lowest BCUT2D eigenvalue weighted by Crippen LogP contribution is -2.46. The summed E-state index contributed by atoms with van der Waals surface area (Å²) in [6.07, 6.45) is 4.63. The molecule has 21 heavy (non-hydrogen) atoms. The summed E-state index contributed by atoms with van der Waals surface area (Å²) in [5.41, 5.74) is 1.24. The van der Waals surface area contributed by atoms with Gasteiger partial charge in [0.25, 0.3) is 0 Å². The first-order valence-electron chi connectivity index (χ1n) is 7.63. The Kier molecular flexibility index (Phi) is 5.22. The van der Waals surface area contributed by atoms with Crippen LogP contribution in [0.5, 0.6) is 0 Å². The van der Waals surface area contributed by atoms with E-state index >= 15 is 0 Å². The van der Waals surface area contributed by atoms with Gasteiger partial charge >= 0.3 is 0 Å². The fourth-order valence-electron chi connectivity index (χ4n) is 2.70. The van der Waals surface area contributed by atoms with Crippen molar-refractivity contribution in [1.82, 2.24) is 9.29 Å². The van der Waals surface area contributed by atoms with Crippen molar-refractivity contribution in [2.75, 3.05) is 30.8 Å². The van der Waals surface area contributed by atoms with E-state index < -0.39 is 10.0 Å². The van der Waals surface area contributed by atoms with Crippen LogP contribution in [0.1, 0.15) is 32.3 Å². The van der Waals surface area contributed by atoms with Crippen LogP contribution in [0.2, 0.25) is 0 Å². The van der Waals surface area contributed by atoms with Gasteiger partial charge in [-0.25, -0.2) is 17.7 Å². The maximum absolute atomic E-state index is 11.9. The zero-order valence-corrected chi connectivity index (χ0v) is 13.9. The zero-order valence-electron chi connectivity index (χ0n) is 13.1. The van der Waals surface area contributed by atoms with Gasteiger partial charge in [-0.1, -0.05) is 13.0 Å². The Hall–Kier alpha value is -1.14. The molecular formula is C15H25N3O2S. The third kappa shape index (κ3) is 3.74. The second kappa shape index (κ2) is 6.75. The van der Waals surface area contributed by atoms with Crippen molar-refractivity contribution in [3.8, 4) is 0 Å². The largest absolute Gasteiger partial charge is 0.357 e. The monoisotopic (exact) mass is 311 g/mol. The number of nitrogens with zero attached hydrogens (tertiary/aromatic N) is 3. The summed E-state index contributed by atoms with van der Waals surface area (Å²) in [7, 11) is -1.39. The van der Waals surface area contributed by atoms with Crippen LogP contribution in [-0.4, -0.2) is 49.6 Å². The third-order valence-electron chi connectivity index (χ3n) is 4.32. The van der Waals surface area contributed by atoms with Gasteiger partial charge in [-0.2, -0.15) is 0 Å². The summed E-state index contributed by atoms with van der Waals surface area (Å²) in [4.78, 5) is 6.74. The van der Waals surface area contributed by atoms with Gasteiger partial charge in [0.05, 0.1) is 5.75 Å². The number of hydrogen-bond acceptors (Lipinski definition) is 4. The zero-order chi connectivity index (χ0) is 15.5. The van der Waals surface area contributed by atoms with Gasteiger partial charge in [0.2, 0.25) is 10.0 Å². The predicted molar refractivity (Wildman–Crippen MR) is 86.1 cm³/mol. The molecule has 1 aromatic heterocycles. The minimum absolute atomic E-state index is 0.112. The highest BCUT2D eigenvalue weighted by Crippen LogP contribution is 2.22. The smallest absolute Gasteiger partial charge is 0.213 e. The molecule has 0 bridgehead atoms. The number of rotatable bonds is 5. The van der Waals surface area contributed by atoms with Crippen molar-refractivity contribution in [1.29, 1.82) is 0 Å². The molecule has 2 rings (SSSR count). The van der Waals surface area contributed by atoms with E-state index in [1.807, 2.05) is 6.20 Å². The molecular weight excluding hydrogens is 286 g/mol. The predicted octanol–water partition coefficient (Wildman–Crippen LogP) is 1.89. The molecule has 0 aromatic carbocycles. The average molecular weight is 311 g/mol. The second-order valence-electron chi connectivity index (χ2n) is 5.51. The summed E-state index contributed by atoms with van der Waals surface area (Å²) >= 11 is 0. The Morgan fingerprint density at radius 3 is 2.43 bits per heavy atom.